The Morgan fingerprint density at radius 2 is 1.83 bits per heavy atom. The summed E-state index contributed by atoms with van der Waals surface area (Å²) >= 11 is 0. The van der Waals surface area contributed by atoms with Crippen molar-refractivity contribution in [2.75, 3.05) is 5.32 Å². The lowest BCUT2D eigenvalue weighted by molar-refractivity contribution is 0.686. The predicted octanol–water partition coefficient (Wildman–Crippen LogP) is 3.96. The molecule has 3 nitrogen and oxygen atoms in total. The van der Waals surface area contributed by atoms with Crippen molar-refractivity contribution in [2.24, 2.45) is 0 Å². The van der Waals surface area contributed by atoms with Crippen LogP contribution in [0.5, 0.6) is 0 Å². The first-order chi connectivity index (χ1) is 8.61. The van der Waals surface area contributed by atoms with Gasteiger partial charge in [0.05, 0.1) is 5.69 Å². The minimum Gasteiger partial charge on any atom is -0.325 e. The molecule has 1 aromatic heterocycles. The van der Waals surface area contributed by atoms with Gasteiger partial charge in [0.25, 0.3) is 0 Å². The van der Waals surface area contributed by atoms with Gasteiger partial charge in [-0.3, -0.25) is 0 Å². The molecule has 96 valence electrons. The van der Waals surface area contributed by atoms with E-state index in [-0.39, 0.29) is 0 Å². The summed E-state index contributed by atoms with van der Waals surface area (Å²) in [6.45, 7) is 9.44. The molecule has 3 heteroatoms. The van der Waals surface area contributed by atoms with Gasteiger partial charge in [0.15, 0.2) is 0 Å². The summed E-state index contributed by atoms with van der Waals surface area (Å²) in [6, 6.07) is 6.32. The average Bonchev–Trinajstić information content (AvgIpc) is 2.65. The van der Waals surface area contributed by atoms with E-state index < -0.39 is 0 Å². The van der Waals surface area contributed by atoms with Crippen molar-refractivity contribution in [1.82, 2.24) is 9.55 Å². The lowest BCUT2D eigenvalue weighted by Crippen LogP contribution is -2.04. The highest BCUT2D eigenvalue weighted by molar-refractivity contribution is 5.63. The normalized spacial score (nSPS) is 10.7. The monoisotopic (exact) mass is 243 g/mol. The number of anilines is 2. The van der Waals surface area contributed by atoms with Crippen LogP contribution in [0.25, 0.3) is 0 Å². The first kappa shape index (κ1) is 12.7. The number of para-hydroxylation sites is 1. The van der Waals surface area contributed by atoms with Gasteiger partial charge in [-0.2, -0.15) is 0 Å². The van der Waals surface area contributed by atoms with Crippen molar-refractivity contribution in [3.63, 3.8) is 0 Å². The maximum Gasteiger partial charge on any atom is 0.207 e. The maximum atomic E-state index is 4.56. The summed E-state index contributed by atoms with van der Waals surface area (Å²) in [4.78, 5) is 4.56. The van der Waals surface area contributed by atoms with Gasteiger partial charge in [-0.1, -0.05) is 25.1 Å². The molecule has 0 saturated carbocycles. The highest BCUT2D eigenvalue weighted by Gasteiger charge is 2.08. The van der Waals surface area contributed by atoms with Crippen LogP contribution >= 0.6 is 0 Å². The van der Waals surface area contributed by atoms with Gasteiger partial charge in [-0.25, -0.2) is 4.98 Å². The molecule has 0 aliphatic rings. The fourth-order valence-electron chi connectivity index (χ4n) is 2.18. The molecule has 0 atom stereocenters. The number of nitrogens with one attached hydrogen (secondary N) is 1. The zero-order valence-electron chi connectivity index (χ0n) is 11.6. The fraction of sp³-hybridized carbons (Fsp3) is 0.400. The van der Waals surface area contributed by atoms with E-state index in [1.165, 1.54) is 16.8 Å². The number of benzene rings is 1. The molecule has 0 bridgehead atoms. The van der Waals surface area contributed by atoms with Crippen LogP contribution in [-0.4, -0.2) is 9.55 Å². The van der Waals surface area contributed by atoms with Gasteiger partial charge in [0, 0.05) is 18.4 Å². The molecular formula is C15H21N3. The molecule has 0 unspecified atom stereocenters. The summed E-state index contributed by atoms with van der Waals surface area (Å²) in [5, 5.41) is 3.47. The van der Waals surface area contributed by atoms with Crippen LogP contribution in [0.15, 0.2) is 24.4 Å². The van der Waals surface area contributed by atoms with Crippen molar-refractivity contribution in [2.45, 2.75) is 40.7 Å². The smallest absolute Gasteiger partial charge is 0.207 e. The van der Waals surface area contributed by atoms with Crippen molar-refractivity contribution in [1.29, 1.82) is 0 Å². The summed E-state index contributed by atoms with van der Waals surface area (Å²) in [7, 11) is 0. The number of rotatable bonds is 4. The molecule has 0 amide bonds. The Kier molecular flexibility index (Phi) is 3.70. The number of hydrogen-bond donors (Lipinski definition) is 1. The van der Waals surface area contributed by atoms with Crippen LogP contribution in [0.2, 0.25) is 0 Å². The SMILES string of the molecule is CCCn1cc(C)nc1Nc1c(C)cccc1C. The van der Waals surface area contributed by atoms with E-state index in [9.17, 15) is 0 Å². The largest absolute Gasteiger partial charge is 0.325 e. The van der Waals surface area contributed by atoms with Crippen molar-refractivity contribution < 1.29 is 0 Å². The van der Waals surface area contributed by atoms with Crippen LogP contribution < -0.4 is 5.32 Å². The quantitative estimate of drug-likeness (QED) is 0.880. The van der Waals surface area contributed by atoms with E-state index in [1.807, 2.05) is 6.92 Å². The van der Waals surface area contributed by atoms with Gasteiger partial charge in [0.1, 0.15) is 0 Å². The molecule has 1 N–H and O–H groups in total. The zero-order chi connectivity index (χ0) is 13.1. The molecule has 0 saturated heterocycles. The third-order valence-electron chi connectivity index (χ3n) is 3.08. The predicted molar refractivity (Wildman–Crippen MR) is 76.5 cm³/mol. The van der Waals surface area contributed by atoms with E-state index in [2.05, 4.69) is 60.0 Å². The van der Waals surface area contributed by atoms with Gasteiger partial charge < -0.3 is 9.88 Å². The Balaban J connectivity index is 2.33. The Morgan fingerprint density at radius 3 is 2.44 bits per heavy atom. The van der Waals surface area contributed by atoms with Crippen molar-refractivity contribution in [3.05, 3.63) is 41.2 Å². The van der Waals surface area contributed by atoms with E-state index >= 15 is 0 Å². The van der Waals surface area contributed by atoms with E-state index in [4.69, 9.17) is 0 Å². The van der Waals surface area contributed by atoms with E-state index in [1.54, 1.807) is 0 Å². The van der Waals surface area contributed by atoms with Crippen LogP contribution in [0, 0.1) is 20.8 Å². The van der Waals surface area contributed by atoms with Gasteiger partial charge in [-0.05, 0) is 38.3 Å². The van der Waals surface area contributed by atoms with Crippen LogP contribution in [0.1, 0.15) is 30.2 Å². The number of imidazole rings is 1. The molecule has 0 aliphatic carbocycles. The van der Waals surface area contributed by atoms with E-state index in [0.29, 0.717) is 0 Å². The maximum absolute atomic E-state index is 4.56. The minimum atomic E-state index is 0.937. The zero-order valence-corrected chi connectivity index (χ0v) is 11.6. The molecule has 0 spiro atoms. The lowest BCUT2D eigenvalue weighted by Gasteiger charge is -2.13. The molecular weight excluding hydrogens is 222 g/mol. The molecule has 18 heavy (non-hydrogen) atoms. The molecule has 0 aliphatic heterocycles. The number of nitrogens with zero attached hydrogens (tertiary/aromatic N) is 2. The topological polar surface area (TPSA) is 29.9 Å². The number of aromatic nitrogens is 2. The Labute approximate surface area is 109 Å². The number of hydrogen-bond acceptors (Lipinski definition) is 2. The molecule has 1 heterocycles. The lowest BCUT2D eigenvalue weighted by atomic mass is 10.1. The first-order valence-electron chi connectivity index (χ1n) is 6.49. The van der Waals surface area contributed by atoms with Gasteiger partial charge in [-0.15, -0.1) is 0 Å². The molecule has 2 rings (SSSR count). The minimum absolute atomic E-state index is 0.937. The summed E-state index contributed by atoms with van der Waals surface area (Å²) in [6.07, 6.45) is 3.21. The summed E-state index contributed by atoms with van der Waals surface area (Å²) in [5.74, 6) is 0.937. The fourth-order valence-corrected chi connectivity index (χ4v) is 2.18. The van der Waals surface area contributed by atoms with Gasteiger partial charge >= 0.3 is 0 Å². The average molecular weight is 243 g/mol. The van der Waals surface area contributed by atoms with Gasteiger partial charge in [0.2, 0.25) is 5.95 Å². The highest BCUT2D eigenvalue weighted by atomic mass is 15.2. The number of aryl methyl sites for hydroxylation is 4. The summed E-state index contributed by atoms with van der Waals surface area (Å²) in [5.41, 5.74) is 4.72. The van der Waals surface area contributed by atoms with Crippen LogP contribution in [-0.2, 0) is 6.54 Å². The third-order valence-corrected chi connectivity index (χ3v) is 3.08. The Hall–Kier alpha value is -1.77. The standard InChI is InChI=1S/C15H21N3/c1-5-9-18-10-13(4)16-15(18)17-14-11(2)7-6-8-12(14)3/h6-8,10H,5,9H2,1-4H3,(H,16,17). The Morgan fingerprint density at radius 1 is 1.17 bits per heavy atom. The van der Waals surface area contributed by atoms with E-state index in [0.717, 1.165) is 24.6 Å². The molecule has 0 fully saturated rings. The Bertz CT molecular complexity index is 520. The first-order valence-corrected chi connectivity index (χ1v) is 6.49. The molecule has 1 aromatic carbocycles. The third kappa shape index (κ3) is 2.55. The summed E-state index contributed by atoms with van der Waals surface area (Å²) < 4.78 is 2.18. The highest BCUT2D eigenvalue weighted by Crippen LogP contribution is 2.24. The molecule has 2 aromatic rings. The van der Waals surface area contributed by atoms with Crippen LogP contribution in [0.3, 0.4) is 0 Å². The molecule has 0 radical (unpaired) electrons. The second-order valence-electron chi connectivity index (χ2n) is 4.79. The van der Waals surface area contributed by atoms with Crippen LogP contribution in [0.4, 0.5) is 11.6 Å². The second kappa shape index (κ2) is 5.25. The second-order valence-corrected chi connectivity index (χ2v) is 4.79. The van der Waals surface area contributed by atoms with Crippen molar-refractivity contribution >= 4 is 11.6 Å². The van der Waals surface area contributed by atoms with Crippen molar-refractivity contribution in [3.8, 4) is 0 Å².